The fraction of sp³-hybridized carbons (Fsp3) is 0.571. The molecule has 1 fully saturated rings. The van der Waals surface area contributed by atoms with Gasteiger partial charge in [-0.05, 0) is 6.07 Å². The van der Waals surface area contributed by atoms with Crippen molar-refractivity contribution in [3.63, 3.8) is 0 Å². The zero-order valence-corrected chi connectivity index (χ0v) is 11.8. The van der Waals surface area contributed by atoms with Gasteiger partial charge in [0, 0.05) is 31.3 Å². The monoisotopic (exact) mass is 267 g/mol. The fourth-order valence-corrected chi connectivity index (χ4v) is 2.22. The van der Waals surface area contributed by atoms with Crippen molar-refractivity contribution in [3.05, 3.63) is 17.7 Å². The summed E-state index contributed by atoms with van der Waals surface area (Å²) in [4.78, 5) is 2.34. The van der Waals surface area contributed by atoms with Gasteiger partial charge in [0.1, 0.15) is 5.75 Å². The summed E-state index contributed by atoms with van der Waals surface area (Å²) >= 11 is 0. The lowest BCUT2D eigenvalue weighted by molar-refractivity contribution is 0.0338. The third-order valence-electron chi connectivity index (χ3n) is 3.28. The molecule has 0 amide bonds. The van der Waals surface area contributed by atoms with E-state index in [0.717, 1.165) is 49.9 Å². The fourth-order valence-electron chi connectivity index (χ4n) is 2.22. The zero-order valence-electron chi connectivity index (χ0n) is 11.8. The molecular weight excluding hydrogens is 246 g/mol. The van der Waals surface area contributed by atoms with Crippen LogP contribution in [0.5, 0.6) is 17.2 Å². The summed E-state index contributed by atoms with van der Waals surface area (Å²) in [7, 11) is 4.94. The van der Waals surface area contributed by atoms with Gasteiger partial charge in [0.25, 0.3) is 0 Å². The van der Waals surface area contributed by atoms with Gasteiger partial charge in [-0.2, -0.15) is 0 Å². The van der Waals surface area contributed by atoms with Crippen molar-refractivity contribution < 1.29 is 18.9 Å². The maximum absolute atomic E-state index is 5.44. The molecule has 5 heteroatoms. The molecule has 19 heavy (non-hydrogen) atoms. The van der Waals surface area contributed by atoms with Gasteiger partial charge in [0.15, 0.2) is 11.5 Å². The summed E-state index contributed by atoms with van der Waals surface area (Å²) in [5.74, 6) is 2.24. The summed E-state index contributed by atoms with van der Waals surface area (Å²) in [5.41, 5.74) is 1.10. The molecule has 0 saturated carbocycles. The summed E-state index contributed by atoms with van der Waals surface area (Å²) in [6.45, 7) is 4.28. The number of nitrogens with zero attached hydrogens (tertiary/aromatic N) is 1. The molecule has 2 rings (SSSR count). The molecule has 1 aliphatic rings. The Morgan fingerprint density at radius 1 is 0.947 bits per heavy atom. The largest absolute Gasteiger partial charge is 0.496 e. The third kappa shape index (κ3) is 3.30. The second kappa shape index (κ2) is 6.63. The first kappa shape index (κ1) is 14.0. The lowest BCUT2D eigenvalue weighted by atomic mass is 10.1. The Morgan fingerprint density at radius 2 is 1.53 bits per heavy atom. The van der Waals surface area contributed by atoms with Crippen molar-refractivity contribution >= 4 is 0 Å². The first-order chi connectivity index (χ1) is 9.28. The number of morpholine rings is 1. The van der Waals surface area contributed by atoms with Crippen LogP contribution in [0.1, 0.15) is 5.56 Å². The summed E-state index contributed by atoms with van der Waals surface area (Å²) in [6.07, 6.45) is 0. The molecule has 1 aromatic rings. The molecule has 106 valence electrons. The molecule has 1 aromatic carbocycles. The Bertz CT molecular complexity index is 416. The maximum atomic E-state index is 5.44. The van der Waals surface area contributed by atoms with Gasteiger partial charge in [-0.25, -0.2) is 0 Å². The molecule has 1 saturated heterocycles. The number of hydrogen-bond acceptors (Lipinski definition) is 5. The van der Waals surface area contributed by atoms with Crippen molar-refractivity contribution in [1.29, 1.82) is 0 Å². The highest BCUT2D eigenvalue weighted by molar-refractivity contribution is 5.50. The van der Waals surface area contributed by atoms with E-state index in [1.807, 2.05) is 12.1 Å². The standard InChI is InChI=1S/C14H21NO4/c1-16-12-9-14(18-3)13(17-2)8-11(12)10-15-4-6-19-7-5-15/h8-9H,4-7,10H2,1-3H3. The first-order valence-electron chi connectivity index (χ1n) is 6.37. The molecule has 0 unspecified atom stereocenters. The van der Waals surface area contributed by atoms with Gasteiger partial charge in [-0.1, -0.05) is 0 Å². The summed E-state index contributed by atoms with van der Waals surface area (Å²) in [6, 6.07) is 3.85. The summed E-state index contributed by atoms with van der Waals surface area (Å²) < 4.78 is 21.4. The van der Waals surface area contributed by atoms with Crippen LogP contribution in [0, 0.1) is 0 Å². The van der Waals surface area contributed by atoms with Gasteiger partial charge < -0.3 is 18.9 Å². The molecule has 0 radical (unpaired) electrons. The Morgan fingerprint density at radius 3 is 2.11 bits per heavy atom. The smallest absolute Gasteiger partial charge is 0.164 e. The Hall–Kier alpha value is -1.46. The molecule has 0 N–H and O–H groups in total. The van der Waals surface area contributed by atoms with Gasteiger partial charge in [-0.3, -0.25) is 4.90 Å². The van der Waals surface area contributed by atoms with E-state index < -0.39 is 0 Å². The molecule has 1 aliphatic heterocycles. The predicted octanol–water partition coefficient (Wildman–Crippen LogP) is 1.54. The molecule has 0 aromatic heterocycles. The van der Waals surface area contributed by atoms with E-state index in [1.54, 1.807) is 21.3 Å². The van der Waals surface area contributed by atoms with Crippen LogP contribution in [0.15, 0.2) is 12.1 Å². The van der Waals surface area contributed by atoms with E-state index in [0.29, 0.717) is 5.75 Å². The Labute approximate surface area is 114 Å². The number of rotatable bonds is 5. The zero-order chi connectivity index (χ0) is 13.7. The minimum absolute atomic E-state index is 0.685. The minimum Gasteiger partial charge on any atom is -0.496 e. The predicted molar refractivity (Wildman–Crippen MR) is 72.2 cm³/mol. The van der Waals surface area contributed by atoms with Crippen molar-refractivity contribution in [2.45, 2.75) is 6.54 Å². The van der Waals surface area contributed by atoms with Crippen LogP contribution in [0.4, 0.5) is 0 Å². The lowest BCUT2D eigenvalue weighted by Crippen LogP contribution is -2.35. The topological polar surface area (TPSA) is 40.2 Å². The van der Waals surface area contributed by atoms with Crippen LogP contribution in [-0.4, -0.2) is 52.5 Å². The van der Waals surface area contributed by atoms with E-state index in [-0.39, 0.29) is 0 Å². The van der Waals surface area contributed by atoms with E-state index in [1.165, 1.54) is 0 Å². The van der Waals surface area contributed by atoms with Crippen LogP contribution < -0.4 is 14.2 Å². The van der Waals surface area contributed by atoms with Gasteiger partial charge >= 0.3 is 0 Å². The van der Waals surface area contributed by atoms with E-state index in [4.69, 9.17) is 18.9 Å². The molecule has 0 spiro atoms. The third-order valence-corrected chi connectivity index (χ3v) is 3.28. The second-order valence-corrected chi connectivity index (χ2v) is 4.41. The van der Waals surface area contributed by atoms with Crippen LogP contribution in [-0.2, 0) is 11.3 Å². The number of ether oxygens (including phenoxy) is 4. The maximum Gasteiger partial charge on any atom is 0.164 e. The SMILES string of the molecule is COc1cc(OC)c(OC)cc1CN1CCOCC1. The van der Waals surface area contributed by atoms with E-state index in [2.05, 4.69) is 4.90 Å². The van der Waals surface area contributed by atoms with Crippen LogP contribution in [0.25, 0.3) is 0 Å². The molecule has 0 bridgehead atoms. The van der Waals surface area contributed by atoms with Crippen molar-refractivity contribution in [3.8, 4) is 17.2 Å². The van der Waals surface area contributed by atoms with Crippen molar-refractivity contribution in [2.75, 3.05) is 47.6 Å². The Kier molecular flexibility index (Phi) is 4.87. The lowest BCUT2D eigenvalue weighted by Gasteiger charge is -2.27. The van der Waals surface area contributed by atoms with Crippen LogP contribution in [0.3, 0.4) is 0 Å². The average Bonchev–Trinajstić information content (AvgIpc) is 2.47. The van der Waals surface area contributed by atoms with Gasteiger partial charge in [-0.15, -0.1) is 0 Å². The molecule has 0 atom stereocenters. The average molecular weight is 267 g/mol. The van der Waals surface area contributed by atoms with Gasteiger partial charge in [0.05, 0.1) is 34.5 Å². The normalized spacial score (nSPS) is 16.2. The number of hydrogen-bond donors (Lipinski definition) is 0. The molecular formula is C14H21NO4. The van der Waals surface area contributed by atoms with Crippen LogP contribution >= 0.6 is 0 Å². The summed E-state index contributed by atoms with van der Waals surface area (Å²) in [5, 5.41) is 0. The molecule has 0 aliphatic carbocycles. The van der Waals surface area contributed by atoms with Gasteiger partial charge in [0.2, 0.25) is 0 Å². The Balaban J connectivity index is 2.21. The highest BCUT2D eigenvalue weighted by Gasteiger charge is 2.16. The molecule has 5 nitrogen and oxygen atoms in total. The number of methoxy groups -OCH3 is 3. The van der Waals surface area contributed by atoms with Crippen molar-refractivity contribution in [2.24, 2.45) is 0 Å². The van der Waals surface area contributed by atoms with E-state index in [9.17, 15) is 0 Å². The van der Waals surface area contributed by atoms with Crippen LogP contribution in [0.2, 0.25) is 0 Å². The van der Waals surface area contributed by atoms with Crippen molar-refractivity contribution in [1.82, 2.24) is 4.90 Å². The second-order valence-electron chi connectivity index (χ2n) is 4.41. The first-order valence-corrected chi connectivity index (χ1v) is 6.37. The number of benzene rings is 1. The highest BCUT2D eigenvalue weighted by Crippen LogP contribution is 2.35. The molecule has 1 heterocycles. The minimum atomic E-state index is 0.685. The highest BCUT2D eigenvalue weighted by atomic mass is 16.5. The van der Waals surface area contributed by atoms with E-state index >= 15 is 0 Å². The quantitative estimate of drug-likeness (QED) is 0.809.